The number of hydrogen-bond acceptors (Lipinski definition) is 4. The molecule has 2 N–H and O–H groups in total. The molecule has 6 nitrogen and oxygen atoms in total. The predicted octanol–water partition coefficient (Wildman–Crippen LogP) is 4.11. The fourth-order valence-corrected chi connectivity index (χ4v) is 3.50. The standard InChI is InChI=1S/C24H27N3O3/c1-14(2)13-27-23(29)21(18-7-9-19(10-8-18)25-17(5)28)22(24(27)30)26-20-11-6-15(3)12-16(20)4/h6-12,14,26H,13H2,1-5H3,(H,25,28). The zero-order valence-corrected chi connectivity index (χ0v) is 18.0. The number of hydrogen-bond donors (Lipinski definition) is 2. The SMILES string of the molecule is CC(=O)Nc1ccc(C2=C(Nc3ccc(C)cc3C)C(=O)N(CC(C)C)C2=O)cc1. The van der Waals surface area contributed by atoms with E-state index in [-0.39, 0.29) is 29.3 Å². The molecular formula is C24H27N3O3. The molecule has 0 saturated carbocycles. The number of amides is 3. The number of imide groups is 1. The molecule has 0 unspecified atom stereocenters. The number of nitrogens with zero attached hydrogens (tertiary/aromatic N) is 1. The Kier molecular flexibility index (Phi) is 6.06. The maximum absolute atomic E-state index is 13.2. The minimum atomic E-state index is -0.324. The highest BCUT2D eigenvalue weighted by Crippen LogP contribution is 2.32. The van der Waals surface area contributed by atoms with E-state index in [2.05, 4.69) is 10.6 Å². The van der Waals surface area contributed by atoms with Crippen LogP contribution < -0.4 is 10.6 Å². The highest BCUT2D eigenvalue weighted by atomic mass is 16.2. The van der Waals surface area contributed by atoms with Gasteiger partial charge in [-0.05, 0) is 49.1 Å². The van der Waals surface area contributed by atoms with Crippen LogP contribution in [0.1, 0.15) is 37.5 Å². The van der Waals surface area contributed by atoms with Gasteiger partial charge in [-0.2, -0.15) is 0 Å². The molecule has 0 aliphatic carbocycles. The number of aryl methyl sites for hydroxylation is 2. The van der Waals surface area contributed by atoms with Gasteiger partial charge in [0.25, 0.3) is 11.8 Å². The Morgan fingerprint density at radius 3 is 2.23 bits per heavy atom. The highest BCUT2D eigenvalue weighted by Gasteiger charge is 2.39. The van der Waals surface area contributed by atoms with Crippen molar-refractivity contribution in [3.8, 4) is 0 Å². The first-order valence-electron chi connectivity index (χ1n) is 10.00. The van der Waals surface area contributed by atoms with Crippen molar-refractivity contribution in [2.75, 3.05) is 17.2 Å². The van der Waals surface area contributed by atoms with Gasteiger partial charge < -0.3 is 10.6 Å². The van der Waals surface area contributed by atoms with Crippen LogP contribution in [0.3, 0.4) is 0 Å². The maximum Gasteiger partial charge on any atom is 0.278 e. The van der Waals surface area contributed by atoms with E-state index in [1.807, 2.05) is 45.9 Å². The molecule has 2 aromatic rings. The fourth-order valence-electron chi connectivity index (χ4n) is 3.50. The van der Waals surface area contributed by atoms with Gasteiger partial charge in [-0.25, -0.2) is 0 Å². The summed E-state index contributed by atoms with van der Waals surface area (Å²) in [6.45, 7) is 9.70. The number of benzene rings is 2. The van der Waals surface area contributed by atoms with Crippen molar-refractivity contribution in [2.45, 2.75) is 34.6 Å². The topological polar surface area (TPSA) is 78.5 Å². The molecule has 0 fully saturated rings. The lowest BCUT2D eigenvalue weighted by Gasteiger charge is -2.17. The number of nitrogens with one attached hydrogen (secondary N) is 2. The summed E-state index contributed by atoms with van der Waals surface area (Å²) in [5.41, 5.74) is 4.78. The Morgan fingerprint density at radius 2 is 1.67 bits per heavy atom. The van der Waals surface area contributed by atoms with Crippen LogP contribution >= 0.6 is 0 Å². The summed E-state index contributed by atoms with van der Waals surface area (Å²) in [7, 11) is 0. The minimum absolute atomic E-state index is 0.154. The third kappa shape index (κ3) is 4.43. The van der Waals surface area contributed by atoms with Crippen LogP contribution in [-0.4, -0.2) is 29.2 Å². The Labute approximate surface area is 177 Å². The first-order chi connectivity index (χ1) is 14.2. The summed E-state index contributed by atoms with van der Waals surface area (Å²) < 4.78 is 0. The van der Waals surface area contributed by atoms with Gasteiger partial charge in [0.2, 0.25) is 5.91 Å². The summed E-state index contributed by atoms with van der Waals surface area (Å²) in [5, 5.41) is 5.92. The second-order valence-corrected chi connectivity index (χ2v) is 8.07. The van der Waals surface area contributed by atoms with E-state index in [1.165, 1.54) is 11.8 Å². The Balaban J connectivity index is 2.05. The van der Waals surface area contributed by atoms with Gasteiger partial charge in [-0.15, -0.1) is 0 Å². The van der Waals surface area contributed by atoms with Gasteiger partial charge in [-0.1, -0.05) is 43.7 Å². The first-order valence-corrected chi connectivity index (χ1v) is 10.00. The number of carbonyl (C=O) groups is 3. The molecule has 1 aliphatic rings. The van der Waals surface area contributed by atoms with Crippen molar-refractivity contribution in [1.82, 2.24) is 4.90 Å². The molecule has 0 radical (unpaired) electrons. The van der Waals surface area contributed by atoms with E-state index in [1.54, 1.807) is 24.3 Å². The maximum atomic E-state index is 13.2. The molecular weight excluding hydrogens is 378 g/mol. The fraction of sp³-hybridized carbons (Fsp3) is 0.292. The second kappa shape index (κ2) is 8.53. The average Bonchev–Trinajstić information content (AvgIpc) is 2.88. The molecule has 156 valence electrons. The van der Waals surface area contributed by atoms with Gasteiger partial charge in [0.15, 0.2) is 0 Å². The summed E-state index contributed by atoms with van der Waals surface area (Å²) in [5.74, 6) is -0.654. The lowest BCUT2D eigenvalue weighted by Crippen LogP contribution is -2.35. The molecule has 0 saturated heterocycles. The molecule has 30 heavy (non-hydrogen) atoms. The summed E-state index contributed by atoms with van der Waals surface area (Å²) in [6, 6.07) is 12.8. The molecule has 1 heterocycles. The van der Waals surface area contributed by atoms with Crippen molar-refractivity contribution in [2.24, 2.45) is 5.92 Å². The van der Waals surface area contributed by atoms with Crippen LogP contribution in [0.4, 0.5) is 11.4 Å². The van der Waals surface area contributed by atoms with Gasteiger partial charge in [0.05, 0.1) is 5.57 Å². The lowest BCUT2D eigenvalue weighted by molar-refractivity contribution is -0.137. The molecule has 0 bridgehead atoms. The van der Waals surface area contributed by atoms with E-state index in [4.69, 9.17) is 0 Å². The number of rotatable bonds is 6. The normalized spacial score (nSPS) is 14.0. The molecule has 6 heteroatoms. The van der Waals surface area contributed by atoms with Crippen LogP contribution in [0.2, 0.25) is 0 Å². The van der Waals surface area contributed by atoms with Crippen molar-refractivity contribution in [3.05, 3.63) is 64.9 Å². The number of carbonyl (C=O) groups excluding carboxylic acids is 3. The predicted molar refractivity (Wildman–Crippen MR) is 119 cm³/mol. The van der Waals surface area contributed by atoms with Gasteiger partial charge in [0.1, 0.15) is 5.70 Å². The molecule has 2 aromatic carbocycles. The third-order valence-corrected chi connectivity index (χ3v) is 4.85. The van der Waals surface area contributed by atoms with E-state index in [0.29, 0.717) is 23.4 Å². The van der Waals surface area contributed by atoms with Crippen molar-refractivity contribution in [1.29, 1.82) is 0 Å². The summed E-state index contributed by atoms with van der Waals surface area (Å²) >= 11 is 0. The van der Waals surface area contributed by atoms with E-state index in [0.717, 1.165) is 16.8 Å². The van der Waals surface area contributed by atoms with Gasteiger partial charge in [-0.3, -0.25) is 19.3 Å². The van der Waals surface area contributed by atoms with E-state index >= 15 is 0 Å². The molecule has 3 amide bonds. The Bertz CT molecular complexity index is 1040. The monoisotopic (exact) mass is 405 g/mol. The first kappa shape index (κ1) is 21.3. The van der Waals surface area contributed by atoms with Crippen LogP contribution in [0.5, 0.6) is 0 Å². The van der Waals surface area contributed by atoms with Crippen LogP contribution in [0.15, 0.2) is 48.2 Å². The van der Waals surface area contributed by atoms with Gasteiger partial charge >= 0.3 is 0 Å². The van der Waals surface area contributed by atoms with Crippen LogP contribution in [-0.2, 0) is 14.4 Å². The minimum Gasteiger partial charge on any atom is -0.350 e. The number of anilines is 2. The van der Waals surface area contributed by atoms with Gasteiger partial charge in [0, 0.05) is 24.8 Å². The highest BCUT2D eigenvalue weighted by molar-refractivity contribution is 6.36. The molecule has 0 spiro atoms. The molecule has 3 rings (SSSR count). The van der Waals surface area contributed by atoms with E-state index < -0.39 is 0 Å². The quantitative estimate of drug-likeness (QED) is 0.709. The second-order valence-electron chi connectivity index (χ2n) is 8.07. The van der Waals surface area contributed by atoms with Crippen molar-refractivity contribution in [3.63, 3.8) is 0 Å². The lowest BCUT2D eigenvalue weighted by atomic mass is 10.0. The van der Waals surface area contributed by atoms with Crippen molar-refractivity contribution < 1.29 is 14.4 Å². The molecule has 0 aromatic heterocycles. The zero-order chi connectivity index (χ0) is 22.0. The largest absolute Gasteiger partial charge is 0.350 e. The van der Waals surface area contributed by atoms with Crippen molar-refractivity contribution >= 4 is 34.7 Å². The van der Waals surface area contributed by atoms with Crippen LogP contribution in [0, 0.1) is 19.8 Å². The van der Waals surface area contributed by atoms with E-state index in [9.17, 15) is 14.4 Å². The smallest absolute Gasteiger partial charge is 0.278 e. The summed E-state index contributed by atoms with van der Waals surface area (Å²) in [4.78, 5) is 38.9. The Hall–Kier alpha value is -3.41. The third-order valence-electron chi connectivity index (χ3n) is 4.85. The Morgan fingerprint density at radius 1 is 1.00 bits per heavy atom. The molecule has 1 aliphatic heterocycles. The average molecular weight is 405 g/mol. The molecule has 0 atom stereocenters. The zero-order valence-electron chi connectivity index (χ0n) is 18.0. The van der Waals surface area contributed by atoms with Crippen LogP contribution in [0.25, 0.3) is 5.57 Å². The summed E-state index contributed by atoms with van der Waals surface area (Å²) in [6.07, 6.45) is 0.